The zero-order chi connectivity index (χ0) is 14.8. The Morgan fingerprint density at radius 3 is 2.35 bits per heavy atom. The van der Waals surface area contributed by atoms with Crippen LogP contribution in [0.4, 0.5) is 0 Å². The zero-order valence-electron chi connectivity index (χ0n) is 14.4. The topological polar surface area (TPSA) is 15.3 Å². The van der Waals surface area contributed by atoms with Gasteiger partial charge in [-0.25, -0.2) is 0 Å². The number of rotatable bonds is 4. The number of nitrogens with one attached hydrogen (secondary N) is 1. The summed E-state index contributed by atoms with van der Waals surface area (Å²) in [5, 5.41) is 3.57. The van der Waals surface area contributed by atoms with Crippen molar-refractivity contribution in [3.05, 3.63) is 0 Å². The molecule has 0 radical (unpaired) electrons. The third kappa shape index (κ3) is 4.21. The van der Waals surface area contributed by atoms with E-state index >= 15 is 0 Å². The molecule has 20 heavy (non-hydrogen) atoms. The molecule has 0 aromatic heterocycles. The van der Waals surface area contributed by atoms with Gasteiger partial charge in [-0.1, -0.05) is 20.8 Å². The second-order valence-corrected chi connectivity index (χ2v) is 8.41. The van der Waals surface area contributed by atoms with Crippen molar-refractivity contribution in [3.8, 4) is 0 Å². The van der Waals surface area contributed by atoms with Gasteiger partial charge in [-0.2, -0.15) is 0 Å². The van der Waals surface area contributed by atoms with Crippen LogP contribution in [-0.4, -0.2) is 37.6 Å². The van der Waals surface area contributed by atoms with Crippen molar-refractivity contribution in [2.24, 2.45) is 17.3 Å². The number of hydrogen-bond donors (Lipinski definition) is 1. The lowest BCUT2D eigenvalue weighted by molar-refractivity contribution is 0.0912. The van der Waals surface area contributed by atoms with Gasteiger partial charge in [0.1, 0.15) is 0 Å². The highest BCUT2D eigenvalue weighted by molar-refractivity contribution is 4.88. The van der Waals surface area contributed by atoms with Crippen molar-refractivity contribution in [1.82, 2.24) is 10.2 Å². The summed E-state index contributed by atoms with van der Waals surface area (Å²) >= 11 is 0. The molecule has 0 aromatic carbocycles. The van der Waals surface area contributed by atoms with E-state index in [4.69, 9.17) is 0 Å². The number of nitrogens with zero attached hydrogens (tertiary/aromatic N) is 1. The quantitative estimate of drug-likeness (QED) is 0.840. The number of hydrogen-bond acceptors (Lipinski definition) is 2. The molecule has 118 valence electrons. The fourth-order valence-corrected chi connectivity index (χ4v) is 4.42. The third-order valence-corrected chi connectivity index (χ3v) is 6.07. The summed E-state index contributed by atoms with van der Waals surface area (Å²) in [7, 11) is 4.52. The van der Waals surface area contributed by atoms with E-state index in [1.54, 1.807) is 0 Å². The molecule has 2 aliphatic carbocycles. The largest absolute Gasteiger partial charge is 0.317 e. The molecule has 3 atom stereocenters. The Labute approximate surface area is 126 Å². The molecule has 0 bridgehead atoms. The Bertz CT molecular complexity index is 290. The van der Waals surface area contributed by atoms with Crippen molar-refractivity contribution < 1.29 is 0 Å². The second kappa shape index (κ2) is 6.79. The van der Waals surface area contributed by atoms with Crippen LogP contribution in [0.3, 0.4) is 0 Å². The van der Waals surface area contributed by atoms with Gasteiger partial charge in [-0.3, -0.25) is 0 Å². The fourth-order valence-electron chi connectivity index (χ4n) is 4.42. The second-order valence-electron chi connectivity index (χ2n) is 8.41. The Morgan fingerprint density at radius 1 is 1.10 bits per heavy atom. The van der Waals surface area contributed by atoms with Crippen molar-refractivity contribution in [1.29, 1.82) is 0 Å². The Kier molecular flexibility index (Phi) is 5.53. The van der Waals surface area contributed by atoms with Gasteiger partial charge in [0, 0.05) is 18.6 Å². The minimum atomic E-state index is 0.588. The van der Waals surface area contributed by atoms with Crippen molar-refractivity contribution in [2.75, 3.05) is 20.6 Å². The van der Waals surface area contributed by atoms with Crippen molar-refractivity contribution in [3.63, 3.8) is 0 Å². The average Bonchev–Trinajstić information content (AvgIpc) is 2.38. The highest BCUT2D eigenvalue weighted by Gasteiger charge is 2.32. The maximum absolute atomic E-state index is 3.57. The molecule has 1 N–H and O–H groups in total. The minimum Gasteiger partial charge on any atom is -0.317 e. The first-order valence-electron chi connectivity index (χ1n) is 8.79. The molecule has 2 saturated carbocycles. The Morgan fingerprint density at radius 2 is 1.75 bits per heavy atom. The van der Waals surface area contributed by atoms with Gasteiger partial charge in [0.2, 0.25) is 0 Å². The smallest absolute Gasteiger partial charge is 0.0105 e. The molecule has 3 unspecified atom stereocenters. The molecule has 0 aromatic rings. The highest BCUT2D eigenvalue weighted by Crippen LogP contribution is 2.37. The summed E-state index contributed by atoms with van der Waals surface area (Å²) in [5.74, 6) is 1.77. The lowest BCUT2D eigenvalue weighted by Gasteiger charge is -2.42. The molecule has 2 rings (SSSR count). The molecule has 0 aliphatic heterocycles. The summed E-state index contributed by atoms with van der Waals surface area (Å²) < 4.78 is 0. The van der Waals surface area contributed by atoms with Gasteiger partial charge < -0.3 is 10.2 Å². The van der Waals surface area contributed by atoms with Crippen LogP contribution in [-0.2, 0) is 0 Å². The normalized spacial score (nSPS) is 35.4. The van der Waals surface area contributed by atoms with E-state index in [0.717, 1.165) is 23.9 Å². The lowest BCUT2D eigenvalue weighted by atomic mass is 9.74. The molecular weight excluding hydrogens is 244 g/mol. The average molecular weight is 280 g/mol. The monoisotopic (exact) mass is 280 g/mol. The molecular formula is C18H36N2. The maximum Gasteiger partial charge on any atom is 0.0105 e. The van der Waals surface area contributed by atoms with Crippen LogP contribution in [0.15, 0.2) is 0 Å². The minimum absolute atomic E-state index is 0.588. The molecule has 2 aliphatic rings. The van der Waals surface area contributed by atoms with E-state index in [-0.39, 0.29) is 0 Å². The van der Waals surface area contributed by atoms with Gasteiger partial charge in [0.25, 0.3) is 0 Å². The van der Waals surface area contributed by atoms with E-state index in [1.165, 1.54) is 51.5 Å². The first kappa shape index (κ1) is 16.3. The van der Waals surface area contributed by atoms with Crippen LogP contribution in [0.5, 0.6) is 0 Å². The molecule has 0 spiro atoms. The van der Waals surface area contributed by atoms with E-state index in [0.29, 0.717) is 5.41 Å². The first-order chi connectivity index (χ1) is 9.41. The van der Waals surface area contributed by atoms with Crippen LogP contribution < -0.4 is 5.32 Å². The van der Waals surface area contributed by atoms with Crippen LogP contribution >= 0.6 is 0 Å². The van der Waals surface area contributed by atoms with Crippen LogP contribution in [0, 0.1) is 17.3 Å². The molecule has 2 fully saturated rings. The SMILES string of the molecule is CNC1CCC(C)CC1CN(C)C1CCC(C)(C)CC1. The van der Waals surface area contributed by atoms with Crippen molar-refractivity contribution in [2.45, 2.75) is 77.8 Å². The summed E-state index contributed by atoms with van der Waals surface area (Å²) in [5.41, 5.74) is 0.588. The van der Waals surface area contributed by atoms with Gasteiger partial charge in [0.15, 0.2) is 0 Å². The standard InChI is InChI=1S/C18H36N2/c1-14-6-7-17(19-4)15(12-14)13-20(5)16-8-10-18(2,3)11-9-16/h14-17,19H,6-13H2,1-5H3. The van der Waals surface area contributed by atoms with Crippen LogP contribution in [0.2, 0.25) is 0 Å². The van der Waals surface area contributed by atoms with Crippen LogP contribution in [0.25, 0.3) is 0 Å². The third-order valence-electron chi connectivity index (χ3n) is 6.07. The summed E-state index contributed by atoms with van der Waals surface area (Å²) in [6, 6.07) is 1.58. The molecule has 0 saturated heterocycles. The van der Waals surface area contributed by atoms with Crippen molar-refractivity contribution >= 4 is 0 Å². The summed E-state index contributed by atoms with van der Waals surface area (Å²) in [6.45, 7) is 8.59. The van der Waals surface area contributed by atoms with Gasteiger partial charge >= 0.3 is 0 Å². The predicted molar refractivity (Wildman–Crippen MR) is 88.0 cm³/mol. The van der Waals surface area contributed by atoms with Crippen LogP contribution in [0.1, 0.15) is 65.7 Å². The highest BCUT2D eigenvalue weighted by atomic mass is 15.1. The summed E-state index contributed by atoms with van der Waals surface area (Å²) in [6.07, 6.45) is 9.79. The Balaban J connectivity index is 1.85. The lowest BCUT2D eigenvalue weighted by Crippen LogP contribution is -2.46. The maximum atomic E-state index is 3.57. The van der Waals surface area contributed by atoms with E-state index in [9.17, 15) is 0 Å². The molecule has 2 nitrogen and oxygen atoms in total. The molecule has 0 amide bonds. The zero-order valence-corrected chi connectivity index (χ0v) is 14.4. The first-order valence-corrected chi connectivity index (χ1v) is 8.79. The van der Waals surface area contributed by atoms with E-state index < -0.39 is 0 Å². The molecule has 2 heteroatoms. The Hall–Kier alpha value is -0.0800. The van der Waals surface area contributed by atoms with E-state index in [2.05, 4.69) is 45.1 Å². The van der Waals surface area contributed by atoms with Gasteiger partial charge in [0.05, 0.1) is 0 Å². The van der Waals surface area contributed by atoms with Gasteiger partial charge in [-0.05, 0) is 76.3 Å². The van der Waals surface area contributed by atoms with Gasteiger partial charge in [-0.15, -0.1) is 0 Å². The fraction of sp³-hybridized carbons (Fsp3) is 1.00. The molecule has 0 heterocycles. The summed E-state index contributed by atoms with van der Waals surface area (Å²) in [4.78, 5) is 2.68. The predicted octanol–water partition coefficient (Wildman–Crippen LogP) is 3.91. The van der Waals surface area contributed by atoms with E-state index in [1.807, 2.05) is 0 Å².